The molecule has 9 heavy (non-hydrogen) atoms. The lowest BCUT2D eigenvalue weighted by molar-refractivity contribution is 0.278. The van der Waals surface area contributed by atoms with Crippen LogP contribution >= 0.6 is 12.6 Å². The second-order valence-electron chi connectivity index (χ2n) is 2.88. The molecule has 0 fully saturated rings. The van der Waals surface area contributed by atoms with Crippen molar-refractivity contribution in [3.63, 3.8) is 0 Å². The van der Waals surface area contributed by atoms with E-state index in [9.17, 15) is 0 Å². The Bertz CT molecular complexity index is 71.3. The summed E-state index contributed by atoms with van der Waals surface area (Å²) in [4.78, 5) is 2.29. The highest BCUT2D eigenvalue weighted by atomic mass is 32.1. The molecule has 0 heterocycles. The molecule has 0 aromatic carbocycles. The SMILES string of the molecule is CC(S)CN(C)C(C)C. The van der Waals surface area contributed by atoms with E-state index in [2.05, 4.69) is 45.3 Å². The Kier molecular flexibility index (Phi) is 4.32. The summed E-state index contributed by atoms with van der Waals surface area (Å²) >= 11 is 4.29. The van der Waals surface area contributed by atoms with Gasteiger partial charge < -0.3 is 4.90 Å². The van der Waals surface area contributed by atoms with Gasteiger partial charge in [0.05, 0.1) is 0 Å². The van der Waals surface area contributed by atoms with Crippen LogP contribution in [0.4, 0.5) is 0 Å². The van der Waals surface area contributed by atoms with Gasteiger partial charge in [-0.15, -0.1) is 0 Å². The van der Waals surface area contributed by atoms with E-state index in [-0.39, 0.29) is 0 Å². The number of rotatable bonds is 3. The molecule has 0 amide bonds. The third-order valence-electron chi connectivity index (χ3n) is 1.43. The second-order valence-corrected chi connectivity index (χ2v) is 3.76. The van der Waals surface area contributed by atoms with Crippen molar-refractivity contribution in [1.82, 2.24) is 4.90 Å². The van der Waals surface area contributed by atoms with Gasteiger partial charge in [-0.2, -0.15) is 12.6 Å². The van der Waals surface area contributed by atoms with Crippen LogP contribution < -0.4 is 0 Å². The van der Waals surface area contributed by atoms with Gasteiger partial charge in [0.25, 0.3) is 0 Å². The van der Waals surface area contributed by atoms with Gasteiger partial charge in [0.2, 0.25) is 0 Å². The molecular formula is C7H17NS. The molecule has 0 aliphatic rings. The van der Waals surface area contributed by atoms with Gasteiger partial charge in [0, 0.05) is 17.8 Å². The lowest BCUT2D eigenvalue weighted by atomic mass is 10.3. The Balaban J connectivity index is 3.38. The van der Waals surface area contributed by atoms with Crippen molar-refractivity contribution >= 4 is 12.6 Å². The van der Waals surface area contributed by atoms with E-state index >= 15 is 0 Å². The van der Waals surface area contributed by atoms with Crippen molar-refractivity contribution in [3.05, 3.63) is 0 Å². The van der Waals surface area contributed by atoms with E-state index in [0.29, 0.717) is 11.3 Å². The minimum Gasteiger partial charge on any atom is -0.303 e. The van der Waals surface area contributed by atoms with Crippen LogP contribution in [-0.2, 0) is 0 Å². The molecule has 1 unspecified atom stereocenters. The summed E-state index contributed by atoms with van der Waals surface area (Å²) in [6.45, 7) is 7.56. The van der Waals surface area contributed by atoms with Gasteiger partial charge in [-0.05, 0) is 20.9 Å². The highest BCUT2D eigenvalue weighted by Crippen LogP contribution is 1.99. The quantitative estimate of drug-likeness (QED) is 0.594. The molecule has 1 atom stereocenters. The van der Waals surface area contributed by atoms with Gasteiger partial charge in [-0.3, -0.25) is 0 Å². The standard InChI is InChI=1S/C7H17NS/c1-6(2)8(4)5-7(3)9/h6-7,9H,5H2,1-4H3. The normalized spacial score (nSPS) is 15.0. The average molecular weight is 147 g/mol. The topological polar surface area (TPSA) is 3.24 Å². The number of thiol groups is 1. The van der Waals surface area contributed by atoms with E-state index in [0.717, 1.165) is 6.54 Å². The molecule has 0 N–H and O–H groups in total. The van der Waals surface area contributed by atoms with Crippen LogP contribution in [0.5, 0.6) is 0 Å². The van der Waals surface area contributed by atoms with Crippen molar-refractivity contribution in [2.24, 2.45) is 0 Å². The summed E-state index contributed by atoms with van der Waals surface area (Å²) in [5.41, 5.74) is 0. The monoisotopic (exact) mass is 147 g/mol. The predicted octanol–water partition coefficient (Wildman–Crippen LogP) is 1.64. The Labute approximate surface area is 63.8 Å². The third-order valence-corrected chi connectivity index (χ3v) is 1.60. The van der Waals surface area contributed by atoms with E-state index in [1.165, 1.54) is 0 Å². The number of hydrogen-bond donors (Lipinski definition) is 1. The van der Waals surface area contributed by atoms with Gasteiger partial charge in [-0.1, -0.05) is 6.92 Å². The first-order valence-corrected chi connectivity index (χ1v) is 3.94. The lowest BCUT2D eigenvalue weighted by Crippen LogP contribution is -2.30. The Morgan fingerprint density at radius 3 is 1.89 bits per heavy atom. The first-order chi connectivity index (χ1) is 4.04. The van der Waals surface area contributed by atoms with Crippen LogP contribution in [0.25, 0.3) is 0 Å². The second kappa shape index (κ2) is 4.18. The van der Waals surface area contributed by atoms with E-state index in [4.69, 9.17) is 0 Å². The molecule has 0 radical (unpaired) electrons. The minimum absolute atomic E-state index is 0.484. The Hall–Kier alpha value is 0.310. The summed E-state index contributed by atoms with van der Waals surface area (Å²) in [7, 11) is 2.12. The molecule has 0 aliphatic heterocycles. The maximum atomic E-state index is 4.29. The molecule has 0 aromatic heterocycles. The van der Waals surface area contributed by atoms with Gasteiger partial charge in [0.15, 0.2) is 0 Å². The van der Waals surface area contributed by atoms with Gasteiger partial charge >= 0.3 is 0 Å². The summed E-state index contributed by atoms with van der Waals surface area (Å²) in [6, 6.07) is 0.639. The number of nitrogens with zero attached hydrogens (tertiary/aromatic N) is 1. The largest absolute Gasteiger partial charge is 0.303 e. The lowest BCUT2D eigenvalue weighted by Gasteiger charge is -2.22. The van der Waals surface area contributed by atoms with Gasteiger partial charge in [-0.25, -0.2) is 0 Å². The highest BCUT2D eigenvalue weighted by Gasteiger charge is 2.04. The highest BCUT2D eigenvalue weighted by molar-refractivity contribution is 7.80. The first kappa shape index (κ1) is 9.31. The minimum atomic E-state index is 0.484. The van der Waals surface area contributed by atoms with Crippen LogP contribution in [0.1, 0.15) is 20.8 Å². The van der Waals surface area contributed by atoms with E-state index < -0.39 is 0 Å². The van der Waals surface area contributed by atoms with Crippen LogP contribution in [0, 0.1) is 0 Å². The third kappa shape index (κ3) is 4.79. The molecule has 56 valence electrons. The summed E-state index contributed by atoms with van der Waals surface area (Å²) in [6.07, 6.45) is 0. The fraction of sp³-hybridized carbons (Fsp3) is 1.00. The summed E-state index contributed by atoms with van der Waals surface area (Å²) in [5.74, 6) is 0. The van der Waals surface area contributed by atoms with E-state index in [1.54, 1.807) is 0 Å². The van der Waals surface area contributed by atoms with Crippen molar-refractivity contribution < 1.29 is 0 Å². The Morgan fingerprint density at radius 1 is 1.33 bits per heavy atom. The fourth-order valence-corrected chi connectivity index (χ4v) is 0.885. The average Bonchev–Trinajstić information content (AvgIpc) is 1.63. The van der Waals surface area contributed by atoms with Crippen LogP contribution in [-0.4, -0.2) is 29.8 Å². The molecule has 0 saturated heterocycles. The molecule has 2 heteroatoms. The van der Waals surface area contributed by atoms with Crippen LogP contribution in [0.2, 0.25) is 0 Å². The fourth-order valence-electron chi connectivity index (χ4n) is 0.628. The van der Waals surface area contributed by atoms with Crippen molar-refractivity contribution in [1.29, 1.82) is 0 Å². The zero-order valence-corrected chi connectivity index (χ0v) is 7.65. The van der Waals surface area contributed by atoms with Gasteiger partial charge in [0.1, 0.15) is 0 Å². The smallest absolute Gasteiger partial charge is 0.0116 e. The Morgan fingerprint density at radius 2 is 1.78 bits per heavy atom. The molecule has 0 rings (SSSR count). The molecule has 1 nitrogen and oxygen atoms in total. The number of hydrogen-bond acceptors (Lipinski definition) is 2. The molecule has 0 aliphatic carbocycles. The zero-order valence-electron chi connectivity index (χ0n) is 6.76. The molecule has 0 spiro atoms. The van der Waals surface area contributed by atoms with Crippen molar-refractivity contribution in [2.75, 3.05) is 13.6 Å². The van der Waals surface area contributed by atoms with E-state index in [1.807, 2.05) is 0 Å². The molecule has 0 aromatic rings. The van der Waals surface area contributed by atoms with Crippen molar-refractivity contribution in [3.8, 4) is 0 Å². The zero-order chi connectivity index (χ0) is 7.44. The van der Waals surface area contributed by atoms with Crippen molar-refractivity contribution in [2.45, 2.75) is 32.1 Å². The summed E-state index contributed by atoms with van der Waals surface area (Å²) < 4.78 is 0. The van der Waals surface area contributed by atoms with Crippen LogP contribution in [0.15, 0.2) is 0 Å². The molecule has 0 bridgehead atoms. The summed E-state index contributed by atoms with van der Waals surface area (Å²) in [5, 5.41) is 0.484. The molecule has 0 saturated carbocycles. The van der Waals surface area contributed by atoms with Crippen LogP contribution in [0.3, 0.4) is 0 Å². The first-order valence-electron chi connectivity index (χ1n) is 3.42. The maximum Gasteiger partial charge on any atom is 0.0116 e. The molecular weight excluding hydrogens is 130 g/mol. The predicted molar refractivity (Wildman–Crippen MR) is 46.2 cm³/mol. The maximum absolute atomic E-state index is 4.29.